The number of pyridine rings is 1. The molecule has 2 aromatic heterocycles. The molecule has 3 heteroatoms. The zero-order chi connectivity index (χ0) is 34.1. The first-order valence-corrected chi connectivity index (χ1v) is 17.5. The van der Waals surface area contributed by atoms with Crippen molar-refractivity contribution in [2.75, 3.05) is 4.90 Å². The van der Waals surface area contributed by atoms with E-state index in [1.807, 2.05) is 18.3 Å². The van der Waals surface area contributed by atoms with Gasteiger partial charge in [-0.05, 0) is 92.7 Å². The molecule has 51 heavy (non-hydrogen) atoms. The molecule has 0 fully saturated rings. The minimum Gasteiger partial charge on any atom is -0.454 e. The van der Waals surface area contributed by atoms with Crippen LogP contribution in [0.2, 0.25) is 0 Å². The molecule has 0 bridgehead atoms. The van der Waals surface area contributed by atoms with Crippen LogP contribution in [0.25, 0.3) is 66.2 Å². The highest BCUT2D eigenvalue weighted by Gasteiger charge is 2.36. The van der Waals surface area contributed by atoms with E-state index in [1.54, 1.807) is 0 Å². The van der Waals surface area contributed by atoms with Gasteiger partial charge in [0.05, 0.1) is 11.4 Å². The van der Waals surface area contributed by atoms with E-state index >= 15 is 0 Å². The van der Waals surface area contributed by atoms with Crippen molar-refractivity contribution in [3.8, 4) is 33.5 Å². The van der Waals surface area contributed by atoms with E-state index in [4.69, 9.17) is 9.40 Å². The van der Waals surface area contributed by atoms with Crippen molar-refractivity contribution in [2.24, 2.45) is 0 Å². The van der Waals surface area contributed by atoms with E-state index in [0.29, 0.717) is 0 Å². The third kappa shape index (κ3) is 4.55. The topological polar surface area (TPSA) is 29.3 Å². The summed E-state index contributed by atoms with van der Waals surface area (Å²) in [4.78, 5) is 7.08. The van der Waals surface area contributed by atoms with Gasteiger partial charge in [0.25, 0.3) is 0 Å². The fourth-order valence-corrected chi connectivity index (χ4v) is 8.25. The summed E-state index contributed by atoms with van der Waals surface area (Å²) in [5.41, 5.74) is 14.4. The van der Waals surface area contributed by atoms with Gasteiger partial charge in [0.1, 0.15) is 5.58 Å². The molecule has 10 rings (SSSR count). The largest absolute Gasteiger partial charge is 0.454 e. The van der Waals surface area contributed by atoms with Crippen LogP contribution in [-0.4, -0.2) is 4.98 Å². The van der Waals surface area contributed by atoms with Crippen molar-refractivity contribution in [2.45, 2.75) is 19.3 Å². The maximum absolute atomic E-state index is 6.99. The molecule has 7 aromatic carbocycles. The van der Waals surface area contributed by atoms with Gasteiger partial charge >= 0.3 is 0 Å². The van der Waals surface area contributed by atoms with E-state index in [0.717, 1.165) is 61.0 Å². The number of hydrogen-bond acceptors (Lipinski definition) is 3. The Kier molecular flexibility index (Phi) is 6.53. The van der Waals surface area contributed by atoms with Gasteiger partial charge in [-0.3, -0.25) is 4.98 Å². The summed E-state index contributed by atoms with van der Waals surface area (Å²) in [6, 6.07) is 58.6. The summed E-state index contributed by atoms with van der Waals surface area (Å²) in [6.45, 7) is 4.68. The highest BCUT2D eigenvalue weighted by Crippen LogP contribution is 2.51. The predicted molar refractivity (Wildman–Crippen MR) is 212 cm³/mol. The Bertz CT molecular complexity index is 2760. The first-order valence-electron chi connectivity index (χ1n) is 17.5. The Balaban J connectivity index is 1.22. The fraction of sp³-hybridized carbons (Fsp3) is 0.0625. The van der Waals surface area contributed by atoms with Crippen LogP contribution in [0, 0.1) is 0 Å². The molecule has 1 aliphatic rings. The van der Waals surface area contributed by atoms with Gasteiger partial charge in [0, 0.05) is 39.3 Å². The summed E-state index contributed by atoms with van der Waals surface area (Å²) < 4.78 is 6.99. The Morgan fingerprint density at radius 1 is 0.510 bits per heavy atom. The number of nitrogens with zero attached hydrogens (tertiary/aromatic N) is 2. The van der Waals surface area contributed by atoms with Crippen LogP contribution in [0.15, 0.2) is 174 Å². The molecule has 0 atom stereocenters. The molecule has 0 N–H and O–H groups in total. The molecule has 0 amide bonds. The van der Waals surface area contributed by atoms with Crippen molar-refractivity contribution in [1.29, 1.82) is 0 Å². The second-order valence-electron chi connectivity index (χ2n) is 14.0. The fourth-order valence-electron chi connectivity index (χ4n) is 8.25. The lowest BCUT2D eigenvalue weighted by Gasteiger charge is -2.28. The molecule has 0 radical (unpaired) electrons. The molecule has 0 saturated heterocycles. The molecule has 2 heterocycles. The Labute approximate surface area is 297 Å². The Morgan fingerprint density at radius 3 is 2.02 bits per heavy atom. The van der Waals surface area contributed by atoms with Gasteiger partial charge in [-0.2, -0.15) is 0 Å². The molecule has 0 saturated carbocycles. The minimum absolute atomic E-state index is 0.128. The standard InChI is InChI=1S/C48H34N2O/c1-48(2)41-19-9-8-16-36(41)37-27-26-34(29-42(37)48)50(33-24-22-32(23-25-33)31-13-4-3-5-14-31)44-21-12-18-39-46-38-17-7-6-15-35(38)40(30-45(46)51-47(39)44)43-20-10-11-28-49-43/h3-30H,1-2H3. The summed E-state index contributed by atoms with van der Waals surface area (Å²) in [6.07, 6.45) is 1.85. The van der Waals surface area contributed by atoms with E-state index < -0.39 is 0 Å². The average molecular weight is 655 g/mol. The number of para-hydroxylation sites is 1. The van der Waals surface area contributed by atoms with Crippen LogP contribution in [0.1, 0.15) is 25.0 Å². The van der Waals surface area contributed by atoms with Crippen LogP contribution in [0.5, 0.6) is 0 Å². The lowest BCUT2D eigenvalue weighted by atomic mass is 9.82. The Morgan fingerprint density at radius 2 is 1.20 bits per heavy atom. The first-order chi connectivity index (χ1) is 25.1. The highest BCUT2D eigenvalue weighted by molar-refractivity contribution is 6.23. The van der Waals surface area contributed by atoms with E-state index in [-0.39, 0.29) is 5.41 Å². The molecule has 1 aliphatic carbocycles. The van der Waals surface area contributed by atoms with Gasteiger partial charge in [-0.25, -0.2) is 0 Å². The quantitative estimate of drug-likeness (QED) is 0.185. The number of fused-ring (bicyclic) bond motifs is 8. The second-order valence-corrected chi connectivity index (χ2v) is 14.0. The third-order valence-corrected chi connectivity index (χ3v) is 10.7. The number of rotatable bonds is 5. The number of furan rings is 1. The molecule has 242 valence electrons. The number of benzene rings is 7. The number of hydrogen-bond donors (Lipinski definition) is 0. The van der Waals surface area contributed by atoms with Gasteiger partial charge in [0.15, 0.2) is 5.58 Å². The van der Waals surface area contributed by atoms with Gasteiger partial charge < -0.3 is 9.32 Å². The van der Waals surface area contributed by atoms with Gasteiger partial charge in [-0.1, -0.05) is 129 Å². The minimum atomic E-state index is -0.128. The molecule has 0 unspecified atom stereocenters. The molecular weight excluding hydrogens is 621 g/mol. The third-order valence-electron chi connectivity index (χ3n) is 10.7. The van der Waals surface area contributed by atoms with Crippen molar-refractivity contribution in [3.05, 3.63) is 181 Å². The smallest absolute Gasteiger partial charge is 0.159 e. The lowest BCUT2D eigenvalue weighted by Crippen LogP contribution is -2.16. The average Bonchev–Trinajstić information content (AvgIpc) is 3.68. The molecule has 0 spiro atoms. The lowest BCUT2D eigenvalue weighted by molar-refractivity contribution is 0.660. The Hall–Kier alpha value is -6.45. The van der Waals surface area contributed by atoms with Gasteiger partial charge in [0.2, 0.25) is 0 Å². The molecule has 0 aliphatic heterocycles. The van der Waals surface area contributed by atoms with E-state index in [2.05, 4.69) is 170 Å². The van der Waals surface area contributed by atoms with Crippen LogP contribution >= 0.6 is 0 Å². The number of anilines is 3. The van der Waals surface area contributed by atoms with Crippen molar-refractivity contribution in [1.82, 2.24) is 4.98 Å². The van der Waals surface area contributed by atoms with E-state index in [1.165, 1.54) is 33.4 Å². The van der Waals surface area contributed by atoms with Crippen LogP contribution in [-0.2, 0) is 5.41 Å². The van der Waals surface area contributed by atoms with Gasteiger partial charge in [-0.15, -0.1) is 0 Å². The zero-order valence-electron chi connectivity index (χ0n) is 28.5. The zero-order valence-corrected chi connectivity index (χ0v) is 28.5. The van der Waals surface area contributed by atoms with Crippen molar-refractivity contribution < 1.29 is 4.42 Å². The van der Waals surface area contributed by atoms with E-state index in [9.17, 15) is 0 Å². The molecule has 3 nitrogen and oxygen atoms in total. The van der Waals surface area contributed by atoms with Crippen molar-refractivity contribution in [3.63, 3.8) is 0 Å². The SMILES string of the molecule is CC1(C)c2ccccc2-c2ccc(N(c3ccc(-c4ccccc4)cc3)c3cccc4c3oc3cc(-c5ccccn5)c5ccccc5c34)cc21. The monoisotopic (exact) mass is 654 g/mol. The summed E-state index contributed by atoms with van der Waals surface area (Å²) in [5, 5.41) is 4.52. The maximum Gasteiger partial charge on any atom is 0.159 e. The predicted octanol–water partition coefficient (Wildman–Crippen LogP) is 13.2. The summed E-state index contributed by atoms with van der Waals surface area (Å²) >= 11 is 0. The summed E-state index contributed by atoms with van der Waals surface area (Å²) in [5.74, 6) is 0. The number of aromatic nitrogens is 1. The molecule has 9 aromatic rings. The second kappa shape index (κ2) is 11.3. The van der Waals surface area contributed by atoms with Crippen LogP contribution < -0.4 is 4.90 Å². The first kappa shape index (κ1) is 29.5. The van der Waals surface area contributed by atoms with Crippen LogP contribution in [0.3, 0.4) is 0 Å². The van der Waals surface area contributed by atoms with Crippen LogP contribution in [0.4, 0.5) is 17.1 Å². The molecular formula is C48H34N2O. The maximum atomic E-state index is 6.99. The highest BCUT2D eigenvalue weighted by atomic mass is 16.3. The van der Waals surface area contributed by atoms with Crippen molar-refractivity contribution >= 4 is 49.8 Å². The normalized spacial score (nSPS) is 13.1. The summed E-state index contributed by atoms with van der Waals surface area (Å²) in [7, 11) is 0.